The number of aromatic nitrogens is 2. The minimum atomic E-state index is -1.20. The van der Waals surface area contributed by atoms with Crippen LogP contribution in [0.4, 0.5) is 0 Å². The van der Waals surface area contributed by atoms with Gasteiger partial charge in [-0.05, 0) is 35.2 Å². The Morgan fingerprint density at radius 2 is 2.05 bits per heavy atom. The predicted octanol–water partition coefficient (Wildman–Crippen LogP) is 3.32. The molecule has 0 aliphatic heterocycles. The average molecular weight is 329 g/mol. The van der Waals surface area contributed by atoms with Gasteiger partial charge in [0, 0.05) is 6.54 Å². The SMILES string of the molecule is CCCn1ncc(Br)c1C(=O)C1(O)CCCCCC1. The molecule has 0 aromatic carbocycles. The molecule has 2 rings (SSSR count). The second-order valence-electron chi connectivity index (χ2n) is 5.34. The third kappa shape index (κ3) is 3.08. The number of aliphatic hydroxyl groups is 1. The summed E-state index contributed by atoms with van der Waals surface area (Å²) in [7, 11) is 0. The van der Waals surface area contributed by atoms with Gasteiger partial charge >= 0.3 is 0 Å². The van der Waals surface area contributed by atoms with Crippen LogP contribution in [0.5, 0.6) is 0 Å². The molecule has 1 aliphatic carbocycles. The summed E-state index contributed by atoms with van der Waals surface area (Å²) in [4.78, 5) is 12.7. The zero-order chi connectivity index (χ0) is 13.9. The van der Waals surface area contributed by atoms with Crippen LogP contribution in [-0.4, -0.2) is 26.3 Å². The highest BCUT2D eigenvalue weighted by Gasteiger charge is 2.39. The lowest BCUT2D eigenvalue weighted by Crippen LogP contribution is -2.39. The molecule has 1 N–H and O–H groups in total. The van der Waals surface area contributed by atoms with Crippen molar-refractivity contribution in [3.8, 4) is 0 Å². The summed E-state index contributed by atoms with van der Waals surface area (Å²) in [5.74, 6) is -0.174. The summed E-state index contributed by atoms with van der Waals surface area (Å²) in [6, 6.07) is 0. The standard InChI is InChI=1S/C14H21BrN2O2/c1-2-9-17-12(11(15)10-16-17)13(18)14(19)7-5-3-4-6-8-14/h10,19H,2-9H2,1H3. The van der Waals surface area contributed by atoms with Crippen molar-refractivity contribution in [2.24, 2.45) is 0 Å². The Morgan fingerprint density at radius 1 is 1.42 bits per heavy atom. The third-order valence-electron chi connectivity index (χ3n) is 3.80. The van der Waals surface area contributed by atoms with Crippen molar-refractivity contribution < 1.29 is 9.90 Å². The Hall–Kier alpha value is -0.680. The van der Waals surface area contributed by atoms with Crippen molar-refractivity contribution in [3.05, 3.63) is 16.4 Å². The zero-order valence-electron chi connectivity index (χ0n) is 11.4. The van der Waals surface area contributed by atoms with Crippen molar-refractivity contribution in [1.29, 1.82) is 0 Å². The van der Waals surface area contributed by atoms with E-state index in [0.717, 1.165) is 32.1 Å². The number of carbonyl (C=O) groups is 1. The fraction of sp³-hybridized carbons (Fsp3) is 0.714. The van der Waals surface area contributed by atoms with E-state index in [1.54, 1.807) is 10.9 Å². The Kier molecular flexibility index (Phi) is 4.79. The van der Waals surface area contributed by atoms with Gasteiger partial charge in [-0.15, -0.1) is 0 Å². The van der Waals surface area contributed by atoms with Crippen LogP contribution in [0.1, 0.15) is 62.4 Å². The molecule has 1 fully saturated rings. The number of carbonyl (C=O) groups excluding carboxylic acids is 1. The van der Waals surface area contributed by atoms with E-state index in [2.05, 4.69) is 21.0 Å². The average Bonchev–Trinajstić information content (AvgIpc) is 2.61. The molecule has 0 spiro atoms. The van der Waals surface area contributed by atoms with E-state index in [9.17, 15) is 9.90 Å². The van der Waals surface area contributed by atoms with Gasteiger partial charge in [0.1, 0.15) is 11.3 Å². The number of Topliss-reactive ketones (excluding diaryl/α,β-unsaturated/α-hetero) is 1. The molecule has 0 saturated heterocycles. The van der Waals surface area contributed by atoms with Gasteiger partial charge < -0.3 is 5.11 Å². The Labute approximate surface area is 122 Å². The first kappa shape index (κ1) is 14.7. The van der Waals surface area contributed by atoms with Crippen LogP contribution < -0.4 is 0 Å². The molecule has 4 nitrogen and oxygen atoms in total. The van der Waals surface area contributed by atoms with E-state index < -0.39 is 5.60 Å². The van der Waals surface area contributed by atoms with Crippen LogP contribution in [-0.2, 0) is 6.54 Å². The molecule has 106 valence electrons. The topological polar surface area (TPSA) is 55.1 Å². The van der Waals surface area contributed by atoms with Crippen molar-refractivity contribution >= 4 is 21.7 Å². The highest BCUT2D eigenvalue weighted by atomic mass is 79.9. The fourth-order valence-electron chi connectivity index (χ4n) is 2.73. The van der Waals surface area contributed by atoms with Crippen LogP contribution in [0, 0.1) is 0 Å². The highest BCUT2D eigenvalue weighted by Crippen LogP contribution is 2.32. The van der Waals surface area contributed by atoms with Crippen molar-refractivity contribution in [2.75, 3.05) is 0 Å². The molecule has 1 aromatic heterocycles. The first-order valence-electron chi connectivity index (χ1n) is 7.07. The van der Waals surface area contributed by atoms with E-state index in [4.69, 9.17) is 0 Å². The Bertz CT molecular complexity index is 448. The monoisotopic (exact) mass is 328 g/mol. The molecule has 0 radical (unpaired) electrons. The minimum Gasteiger partial charge on any atom is -0.382 e. The molecule has 1 saturated carbocycles. The predicted molar refractivity (Wildman–Crippen MR) is 77.2 cm³/mol. The molecular formula is C14H21BrN2O2. The van der Waals surface area contributed by atoms with Gasteiger partial charge in [0.15, 0.2) is 0 Å². The molecule has 0 unspecified atom stereocenters. The smallest absolute Gasteiger partial charge is 0.213 e. The Morgan fingerprint density at radius 3 is 2.63 bits per heavy atom. The molecule has 0 bridgehead atoms. The van der Waals surface area contributed by atoms with E-state index in [0.29, 0.717) is 29.6 Å². The number of ketones is 1. The largest absolute Gasteiger partial charge is 0.382 e. The van der Waals surface area contributed by atoms with Gasteiger partial charge in [-0.3, -0.25) is 9.48 Å². The van der Waals surface area contributed by atoms with Crippen LogP contribution in [0.25, 0.3) is 0 Å². The molecular weight excluding hydrogens is 308 g/mol. The fourth-order valence-corrected chi connectivity index (χ4v) is 3.21. The lowest BCUT2D eigenvalue weighted by atomic mass is 9.88. The van der Waals surface area contributed by atoms with Crippen LogP contribution in [0.3, 0.4) is 0 Å². The molecule has 1 heterocycles. The number of halogens is 1. The first-order chi connectivity index (χ1) is 9.08. The maximum absolute atomic E-state index is 12.7. The number of aryl methyl sites for hydroxylation is 1. The number of nitrogens with zero attached hydrogens (tertiary/aromatic N) is 2. The normalized spacial score (nSPS) is 19.1. The van der Waals surface area contributed by atoms with Gasteiger partial charge in [-0.2, -0.15) is 5.10 Å². The zero-order valence-corrected chi connectivity index (χ0v) is 12.9. The van der Waals surface area contributed by atoms with Crippen molar-refractivity contribution in [2.45, 2.75) is 64.0 Å². The second kappa shape index (κ2) is 6.18. The van der Waals surface area contributed by atoms with E-state index in [1.807, 2.05) is 6.92 Å². The Balaban J connectivity index is 2.29. The van der Waals surface area contributed by atoms with E-state index in [1.165, 1.54) is 0 Å². The van der Waals surface area contributed by atoms with Crippen LogP contribution in [0.2, 0.25) is 0 Å². The first-order valence-corrected chi connectivity index (χ1v) is 7.86. The maximum atomic E-state index is 12.7. The number of hydrogen-bond donors (Lipinski definition) is 1. The summed E-state index contributed by atoms with van der Waals surface area (Å²) < 4.78 is 2.39. The van der Waals surface area contributed by atoms with E-state index >= 15 is 0 Å². The highest BCUT2D eigenvalue weighted by molar-refractivity contribution is 9.10. The maximum Gasteiger partial charge on any atom is 0.213 e. The van der Waals surface area contributed by atoms with Crippen LogP contribution >= 0.6 is 15.9 Å². The summed E-state index contributed by atoms with van der Waals surface area (Å²) in [6.45, 7) is 2.74. The lowest BCUT2D eigenvalue weighted by molar-refractivity contribution is 0.0226. The van der Waals surface area contributed by atoms with Gasteiger partial charge in [0.25, 0.3) is 0 Å². The number of rotatable bonds is 4. The summed E-state index contributed by atoms with van der Waals surface area (Å²) in [6.07, 6.45) is 7.72. The third-order valence-corrected chi connectivity index (χ3v) is 4.38. The van der Waals surface area contributed by atoms with Crippen molar-refractivity contribution in [1.82, 2.24) is 9.78 Å². The quantitative estimate of drug-likeness (QED) is 0.681. The molecule has 1 aliphatic rings. The summed E-state index contributed by atoms with van der Waals surface area (Å²) in [5.41, 5.74) is -0.684. The van der Waals surface area contributed by atoms with Gasteiger partial charge in [0.05, 0.1) is 10.7 Å². The van der Waals surface area contributed by atoms with Gasteiger partial charge in [0.2, 0.25) is 5.78 Å². The lowest BCUT2D eigenvalue weighted by Gasteiger charge is -2.25. The number of hydrogen-bond acceptors (Lipinski definition) is 3. The molecule has 0 atom stereocenters. The summed E-state index contributed by atoms with van der Waals surface area (Å²) >= 11 is 3.38. The molecule has 19 heavy (non-hydrogen) atoms. The summed E-state index contributed by atoms with van der Waals surface area (Å²) in [5, 5.41) is 14.9. The minimum absolute atomic E-state index is 0.174. The van der Waals surface area contributed by atoms with E-state index in [-0.39, 0.29) is 5.78 Å². The molecule has 1 aromatic rings. The van der Waals surface area contributed by atoms with Gasteiger partial charge in [-0.25, -0.2) is 0 Å². The molecule has 5 heteroatoms. The second-order valence-corrected chi connectivity index (χ2v) is 6.19. The van der Waals surface area contributed by atoms with Gasteiger partial charge in [-0.1, -0.05) is 32.6 Å². The van der Waals surface area contributed by atoms with Crippen LogP contribution in [0.15, 0.2) is 10.7 Å². The molecule has 0 amide bonds. The van der Waals surface area contributed by atoms with Crippen molar-refractivity contribution in [3.63, 3.8) is 0 Å².